The van der Waals surface area contributed by atoms with Crippen molar-refractivity contribution in [2.45, 2.75) is 32.0 Å². The molecule has 8 heteroatoms. The number of piperidine rings is 1. The highest BCUT2D eigenvalue weighted by molar-refractivity contribution is 5.94. The minimum atomic E-state index is -4.50. The lowest BCUT2D eigenvalue weighted by Gasteiger charge is -2.26. The predicted octanol–water partition coefficient (Wildman–Crippen LogP) is 3.73. The molecule has 0 saturated carbocycles. The summed E-state index contributed by atoms with van der Waals surface area (Å²) in [7, 11) is 0. The van der Waals surface area contributed by atoms with Gasteiger partial charge in [0.25, 0.3) is 5.91 Å². The molecule has 2 aromatic rings. The first-order valence-electron chi connectivity index (χ1n) is 8.46. The van der Waals surface area contributed by atoms with E-state index in [0.29, 0.717) is 12.1 Å². The van der Waals surface area contributed by atoms with Gasteiger partial charge in [-0.15, -0.1) is 10.2 Å². The number of hydrogen-bond donors (Lipinski definition) is 1. The van der Waals surface area contributed by atoms with Gasteiger partial charge in [0.1, 0.15) is 5.82 Å². The number of carbonyl (C=O) groups is 1. The van der Waals surface area contributed by atoms with Gasteiger partial charge in [-0.25, -0.2) is 0 Å². The summed E-state index contributed by atoms with van der Waals surface area (Å²) in [5, 5.41) is 9.60. The highest BCUT2D eigenvalue weighted by Crippen LogP contribution is 2.27. The van der Waals surface area contributed by atoms with E-state index in [1.54, 1.807) is 12.1 Å². The number of aromatic nitrogens is 2. The van der Waals surface area contributed by atoms with Crippen molar-refractivity contribution in [3.05, 3.63) is 53.2 Å². The fourth-order valence-corrected chi connectivity index (χ4v) is 2.82. The summed E-state index contributed by atoms with van der Waals surface area (Å²) in [4.78, 5) is 14.3. The maximum absolute atomic E-state index is 12.5. The van der Waals surface area contributed by atoms with Crippen molar-refractivity contribution in [3.8, 4) is 0 Å². The second kappa shape index (κ2) is 7.72. The number of likely N-dealkylation sites (tertiary alicyclic amines) is 1. The first-order valence-corrected chi connectivity index (χ1v) is 8.46. The SMILES string of the molecule is O=C(c1ccc(CNc2ccc(C(F)(F)F)nn2)cc1)N1CCCCC1. The quantitative estimate of drug-likeness (QED) is 0.898. The number of hydrogen-bond acceptors (Lipinski definition) is 4. The molecule has 5 nitrogen and oxygen atoms in total. The fraction of sp³-hybridized carbons (Fsp3) is 0.389. The minimum absolute atomic E-state index is 0.0396. The molecule has 1 aliphatic rings. The molecule has 0 radical (unpaired) electrons. The van der Waals surface area contributed by atoms with Crippen LogP contribution in [0.25, 0.3) is 0 Å². The van der Waals surface area contributed by atoms with Crippen molar-refractivity contribution in [2.24, 2.45) is 0 Å². The van der Waals surface area contributed by atoms with Crippen LogP contribution in [0.15, 0.2) is 36.4 Å². The molecular formula is C18H19F3N4O. The zero-order chi connectivity index (χ0) is 18.6. The van der Waals surface area contributed by atoms with E-state index in [9.17, 15) is 18.0 Å². The van der Waals surface area contributed by atoms with Gasteiger partial charge < -0.3 is 10.2 Å². The van der Waals surface area contributed by atoms with Gasteiger partial charge in [-0.1, -0.05) is 12.1 Å². The summed E-state index contributed by atoms with van der Waals surface area (Å²) in [6, 6.07) is 9.31. The number of carbonyl (C=O) groups excluding carboxylic acids is 1. The van der Waals surface area contributed by atoms with Gasteiger partial charge in [0, 0.05) is 25.2 Å². The normalized spacial score (nSPS) is 15.0. The van der Waals surface area contributed by atoms with Crippen molar-refractivity contribution in [1.82, 2.24) is 15.1 Å². The van der Waals surface area contributed by atoms with Crippen molar-refractivity contribution in [1.29, 1.82) is 0 Å². The van der Waals surface area contributed by atoms with Crippen LogP contribution in [0.5, 0.6) is 0 Å². The van der Waals surface area contributed by atoms with Crippen LogP contribution in [0.3, 0.4) is 0 Å². The average molecular weight is 364 g/mol. The first-order chi connectivity index (χ1) is 12.4. The van der Waals surface area contributed by atoms with Crippen LogP contribution in [0.4, 0.5) is 19.0 Å². The molecule has 0 atom stereocenters. The second-order valence-corrected chi connectivity index (χ2v) is 6.20. The van der Waals surface area contributed by atoms with E-state index in [-0.39, 0.29) is 11.7 Å². The Morgan fingerprint density at radius 2 is 1.69 bits per heavy atom. The number of alkyl halides is 3. The molecule has 0 bridgehead atoms. The van der Waals surface area contributed by atoms with E-state index in [1.807, 2.05) is 17.0 Å². The van der Waals surface area contributed by atoms with Gasteiger partial charge in [0.05, 0.1) is 0 Å². The van der Waals surface area contributed by atoms with Crippen LogP contribution in [-0.2, 0) is 12.7 Å². The number of nitrogens with zero attached hydrogens (tertiary/aromatic N) is 3. The topological polar surface area (TPSA) is 58.1 Å². The molecule has 138 valence electrons. The van der Waals surface area contributed by atoms with E-state index in [1.165, 1.54) is 12.5 Å². The molecule has 1 amide bonds. The van der Waals surface area contributed by atoms with Crippen LogP contribution in [-0.4, -0.2) is 34.1 Å². The number of rotatable bonds is 4. The van der Waals surface area contributed by atoms with Crippen LogP contribution in [0, 0.1) is 0 Å². The zero-order valence-corrected chi connectivity index (χ0v) is 14.1. The average Bonchev–Trinajstić information content (AvgIpc) is 2.66. The predicted molar refractivity (Wildman–Crippen MR) is 90.6 cm³/mol. The monoisotopic (exact) mass is 364 g/mol. The Balaban J connectivity index is 1.56. The van der Waals surface area contributed by atoms with Crippen molar-refractivity contribution < 1.29 is 18.0 Å². The summed E-state index contributed by atoms with van der Waals surface area (Å²) in [5.74, 6) is 0.296. The van der Waals surface area contributed by atoms with Crippen LogP contribution >= 0.6 is 0 Å². The molecular weight excluding hydrogens is 345 g/mol. The Morgan fingerprint density at radius 3 is 2.27 bits per heavy atom. The Morgan fingerprint density at radius 1 is 1.00 bits per heavy atom. The number of anilines is 1. The van der Waals surface area contributed by atoms with Crippen molar-refractivity contribution >= 4 is 11.7 Å². The van der Waals surface area contributed by atoms with E-state index in [0.717, 1.165) is 37.6 Å². The van der Waals surface area contributed by atoms with Crippen LogP contribution in [0.1, 0.15) is 40.9 Å². The number of benzene rings is 1. The summed E-state index contributed by atoms with van der Waals surface area (Å²) < 4.78 is 37.4. The lowest BCUT2D eigenvalue weighted by atomic mass is 10.1. The van der Waals surface area contributed by atoms with Gasteiger partial charge in [0.15, 0.2) is 5.69 Å². The highest BCUT2D eigenvalue weighted by Gasteiger charge is 2.32. The molecule has 1 N–H and O–H groups in total. The standard InChI is InChI=1S/C18H19F3N4O/c19-18(20,21)15-8-9-16(24-23-15)22-12-13-4-6-14(7-5-13)17(26)25-10-2-1-3-11-25/h4-9H,1-3,10-12H2,(H,22,24). The molecule has 0 aliphatic carbocycles. The van der Waals surface area contributed by atoms with Gasteiger partial charge in [-0.2, -0.15) is 13.2 Å². The van der Waals surface area contributed by atoms with E-state index >= 15 is 0 Å². The third kappa shape index (κ3) is 4.50. The first kappa shape index (κ1) is 18.2. The molecule has 3 rings (SSSR count). The van der Waals surface area contributed by atoms with Crippen molar-refractivity contribution in [3.63, 3.8) is 0 Å². The Hall–Kier alpha value is -2.64. The third-order valence-corrected chi connectivity index (χ3v) is 4.27. The van der Waals surface area contributed by atoms with E-state index in [4.69, 9.17) is 0 Å². The Labute approximate surface area is 149 Å². The lowest BCUT2D eigenvalue weighted by Crippen LogP contribution is -2.35. The van der Waals surface area contributed by atoms with E-state index < -0.39 is 11.9 Å². The molecule has 2 heterocycles. The highest BCUT2D eigenvalue weighted by atomic mass is 19.4. The maximum Gasteiger partial charge on any atom is 0.435 e. The molecule has 1 aromatic heterocycles. The number of nitrogens with one attached hydrogen (secondary N) is 1. The molecule has 1 saturated heterocycles. The van der Waals surface area contributed by atoms with Gasteiger partial charge in [0.2, 0.25) is 0 Å². The Kier molecular flexibility index (Phi) is 5.39. The molecule has 0 unspecified atom stereocenters. The number of halogens is 3. The van der Waals surface area contributed by atoms with Crippen LogP contribution in [0.2, 0.25) is 0 Å². The largest absolute Gasteiger partial charge is 0.435 e. The second-order valence-electron chi connectivity index (χ2n) is 6.20. The smallest absolute Gasteiger partial charge is 0.365 e. The lowest BCUT2D eigenvalue weighted by molar-refractivity contribution is -0.141. The van der Waals surface area contributed by atoms with Gasteiger partial charge in [-0.05, 0) is 49.1 Å². The van der Waals surface area contributed by atoms with E-state index in [2.05, 4.69) is 15.5 Å². The third-order valence-electron chi connectivity index (χ3n) is 4.27. The number of amides is 1. The fourth-order valence-electron chi connectivity index (χ4n) is 2.82. The molecule has 26 heavy (non-hydrogen) atoms. The molecule has 0 spiro atoms. The van der Waals surface area contributed by atoms with Crippen LogP contribution < -0.4 is 5.32 Å². The molecule has 1 fully saturated rings. The summed E-state index contributed by atoms with van der Waals surface area (Å²) >= 11 is 0. The molecule has 1 aliphatic heterocycles. The summed E-state index contributed by atoms with van der Waals surface area (Å²) in [6.45, 7) is 1.97. The zero-order valence-electron chi connectivity index (χ0n) is 14.1. The van der Waals surface area contributed by atoms with Gasteiger partial charge >= 0.3 is 6.18 Å². The Bertz CT molecular complexity index is 739. The minimum Gasteiger partial charge on any atom is -0.365 e. The maximum atomic E-state index is 12.5. The van der Waals surface area contributed by atoms with Gasteiger partial charge in [-0.3, -0.25) is 4.79 Å². The summed E-state index contributed by atoms with van der Waals surface area (Å²) in [6.07, 6.45) is -1.24. The summed E-state index contributed by atoms with van der Waals surface area (Å²) in [5.41, 5.74) is 0.510. The van der Waals surface area contributed by atoms with Crippen molar-refractivity contribution in [2.75, 3.05) is 18.4 Å². The molecule has 1 aromatic carbocycles.